The number of hydrogen-bond acceptors (Lipinski definition) is 6. The lowest BCUT2D eigenvalue weighted by atomic mass is 9.78. The molecule has 8 nitrogen and oxygen atoms in total. The number of hydrogen-bond donors (Lipinski definition) is 4. The van der Waals surface area contributed by atoms with Gasteiger partial charge in [-0.1, -0.05) is 69.6 Å². The predicted molar refractivity (Wildman–Crippen MR) is 189 cm³/mol. The fourth-order valence-corrected chi connectivity index (χ4v) is 11.4. The predicted octanol–water partition coefficient (Wildman–Crippen LogP) is 6.40. The third-order valence-electron chi connectivity index (χ3n) is 10.7. The van der Waals surface area contributed by atoms with Gasteiger partial charge in [0.25, 0.3) is 5.91 Å². The number of fused-ring (bicyclic) bond motifs is 1. The number of carbonyl (C=O) groups is 3. The van der Waals surface area contributed by atoms with Crippen LogP contribution in [0.3, 0.4) is 0 Å². The van der Waals surface area contributed by atoms with E-state index < -0.39 is 11.3 Å². The molecule has 6 rings (SSSR count). The summed E-state index contributed by atoms with van der Waals surface area (Å²) in [6.45, 7) is 0.841. The lowest BCUT2D eigenvalue weighted by molar-refractivity contribution is -0.125. The molecule has 46 heavy (non-hydrogen) atoms. The minimum absolute atomic E-state index is 0.155. The fraction of sp³-hybridized carbons (Fsp3) is 0.639. The Bertz CT molecular complexity index is 1440. The number of para-hydroxylation sites is 1. The molecule has 4 N–H and O–H groups in total. The minimum atomic E-state index is -0.723. The van der Waals surface area contributed by atoms with Crippen LogP contribution < -0.4 is 15.4 Å². The van der Waals surface area contributed by atoms with Crippen molar-refractivity contribution in [1.29, 1.82) is 5.26 Å². The molecular weight excluding hydrogens is 615 g/mol. The molecule has 4 fully saturated rings. The molecule has 2 amide bonds. The molecule has 0 radical (unpaired) electrons. The normalized spacial score (nSPS) is 23.2. The van der Waals surface area contributed by atoms with Crippen LogP contribution in [-0.2, 0) is 9.59 Å². The van der Waals surface area contributed by atoms with Crippen molar-refractivity contribution < 1.29 is 14.4 Å². The number of aromatic amines is 1. The number of rotatable bonds is 11. The molecule has 1 aromatic heterocycles. The first-order valence-electron chi connectivity index (χ1n) is 17.5. The average Bonchev–Trinajstić information content (AvgIpc) is 3.85. The third kappa shape index (κ3) is 8.08. The van der Waals surface area contributed by atoms with Crippen LogP contribution in [0.25, 0.3) is 10.9 Å². The van der Waals surface area contributed by atoms with E-state index in [1.807, 2.05) is 30.3 Å². The second-order valence-electron chi connectivity index (χ2n) is 14.0. The van der Waals surface area contributed by atoms with Crippen LogP contribution in [-0.4, -0.2) is 62.3 Å². The smallest absolute Gasteiger partial charge is 0.277 e. The lowest BCUT2D eigenvalue weighted by Gasteiger charge is -2.34. The van der Waals surface area contributed by atoms with Crippen molar-refractivity contribution in [3.05, 3.63) is 36.0 Å². The molecule has 10 heteroatoms. The zero-order valence-electron chi connectivity index (χ0n) is 26.9. The van der Waals surface area contributed by atoms with E-state index in [9.17, 15) is 19.6 Å². The number of nitrogens with one attached hydrogen (secondary N) is 4. The van der Waals surface area contributed by atoms with Crippen LogP contribution in [0.2, 0.25) is 0 Å². The number of ketones is 1. The van der Waals surface area contributed by atoms with Gasteiger partial charge < -0.3 is 15.6 Å². The maximum Gasteiger partial charge on any atom is 0.277 e. The Morgan fingerprint density at radius 3 is 2.46 bits per heavy atom. The SMILES string of the molecule is N#CC(C(=O)C(CC1CNC2(CCCCC2)C1)NC(=O)[C@H](CC1CCCCC1)SNC(=O)c1cc2ccccc2[nH]1)=S1CCCC1. The number of amides is 2. The minimum Gasteiger partial charge on any atom is -0.351 e. The number of benzene rings is 1. The Morgan fingerprint density at radius 2 is 1.72 bits per heavy atom. The Hall–Kier alpha value is -2.61. The summed E-state index contributed by atoms with van der Waals surface area (Å²) in [4.78, 5) is 45.1. The molecule has 2 aliphatic heterocycles. The summed E-state index contributed by atoms with van der Waals surface area (Å²) in [7, 11) is -0.325. The van der Waals surface area contributed by atoms with E-state index in [0.717, 1.165) is 85.8 Å². The first-order chi connectivity index (χ1) is 22.4. The summed E-state index contributed by atoms with van der Waals surface area (Å²) in [5.41, 5.74) is 1.50. The molecule has 2 saturated carbocycles. The van der Waals surface area contributed by atoms with Crippen molar-refractivity contribution in [2.45, 2.75) is 113 Å². The van der Waals surface area contributed by atoms with Gasteiger partial charge >= 0.3 is 0 Å². The van der Waals surface area contributed by atoms with Gasteiger partial charge in [-0.15, -0.1) is 0 Å². The maximum absolute atomic E-state index is 14.2. The summed E-state index contributed by atoms with van der Waals surface area (Å²) in [6, 6.07) is 11.2. The van der Waals surface area contributed by atoms with Crippen molar-refractivity contribution in [3.8, 4) is 6.07 Å². The zero-order valence-corrected chi connectivity index (χ0v) is 28.5. The third-order valence-corrected chi connectivity index (χ3v) is 14.2. The fourth-order valence-electron chi connectivity index (χ4n) is 8.25. The van der Waals surface area contributed by atoms with E-state index in [-0.39, 0.29) is 39.5 Å². The topological polar surface area (TPSA) is 127 Å². The molecule has 2 saturated heterocycles. The lowest BCUT2D eigenvalue weighted by Crippen LogP contribution is -2.48. The van der Waals surface area contributed by atoms with Gasteiger partial charge in [-0.25, -0.2) is 0 Å². The Balaban J connectivity index is 1.19. The summed E-state index contributed by atoms with van der Waals surface area (Å²) >= 11 is 1.16. The Labute approximate surface area is 280 Å². The second kappa shape index (κ2) is 15.5. The van der Waals surface area contributed by atoms with Crippen LogP contribution in [0, 0.1) is 23.2 Å². The molecule has 3 heterocycles. The molecule has 4 aliphatic rings. The van der Waals surface area contributed by atoms with Crippen molar-refractivity contribution >= 4 is 55.8 Å². The Kier molecular flexibility index (Phi) is 11.2. The first-order valence-corrected chi connectivity index (χ1v) is 20.0. The average molecular weight is 664 g/mol. The van der Waals surface area contributed by atoms with Crippen LogP contribution in [0.15, 0.2) is 30.3 Å². The molecule has 1 spiro atoms. The molecular formula is C36H49N5O3S2. The highest BCUT2D eigenvalue weighted by Gasteiger charge is 2.42. The second-order valence-corrected chi connectivity index (χ2v) is 17.3. The summed E-state index contributed by atoms with van der Waals surface area (Å²) in [6.07, 6.45) is 16.1. The number of nitrogens with zero attached hydrogens (tertiary/aromatic N) is 1. The van der Waals surface area contributed by atoms with Gasteiger partial charge in [0.1, 0.15) is 21.9 Å². The number of H-pyrrole nitrogens is 1. The van der Waals surface area contributed by atoms with Crippen molar-refractivity contribution in [3.63, 3.8) is 0 Å². The summed E-state index contributed by atoms with van der Waals surface area (Å²) < 4.78 is 2.96. The van der Waals surface area contributed by atoms with Crippen molar-refractivity contribution in [1.82, 2.24) is 20.3 Å². The van der Waals surface area contributed by atoms with Gasteiger partial charge in [0.2, 0.25) is 11.7 Å². The molecule has 3 atom stereocenters. The van der Waals surface area contributed by atoms with Gasteiger partial charge in [0.05, 0.1) is 6.04 Å². The molecule has 248 valence electrons. The molecule has 0 bridgehead atoms. The summed E-state index contributed by atoms with van der Waals surface area (Å²) in [5.74, 6) is 1.79. The van der Waals surface area contributed by atoms with E-state index in [0.29, 0.717) is 29.3 Å². The van der Waals surface area contributed by atoms with E-state index in [2.05, 4.69) is 26.4 Å². The van der Waals surface area contributed by atoms with Crippen molar-refractivity contribution in [2.75, 3.05) is 18.1 Å². The maximum atomic E-state index is 14.2. The molecule has 1 aromatic carbocycles. The van der Waals surface area contributed by atoms with E-state index in [1.165, 1.54) is 38.5 Å². The molecule has 2 aliphatic carbocycles. The van der Waals surface area contributed by atoms with Gasteiger partial charge in [0, 0.05) is 16.4 Å². The van der Waals surface area contributed by atoms with Gasteiger partial charge in [-0.05, 0) is 98.9 Å². The Morgan fingerprint density at radius 1 is 0.978 bits per heavy atom. The van der Waals surface area contributed by atoms with Crippen LogP contribution in [0.5, 0.6) is 0 Å². The zero-order chi connectivity index (χ0) is 31.9. The highest BCUT2D eigenvalue weighted by Crippen LogP contribution is 2.39. The number of aromatic nitrogens is 1. The van der Waals surface area contributed by atoms with E-state index >= 15 is 0 Å². The highest BCUT2D eigenvalue weighted by atomic mass is 32.2. The molecule has 2 unspecified atom stereocenters. The largest absolute Gasteiger partial charge is 0.351 e. The van der Waals surface area contributed by atoms with Crippen LogP contribution in [0.4, 0.5) is 0 Å². The molecule has 2 aromatic rings. The van der Waals surface area contributed by atoms with E-state index in [4.69, 9.17) is 0 Å². The van der Waals surface area contributed by atoms with Gasteiger partial charge in [-0.3, -0.25) is 19.1 Å². The summed E-state index contributed by atoms with van der Waals surface area (Å²) in [5, 5.41) is 17.6. The van der Waals surface area contributed by atoms with Gasteiger partial charge in [-0.2, -0.15) is 15.7 Å². The van der Waals surface area contributed by atoms with Gasteiger partial charge in [0.15, 0.2) is 0 Å². The highest BCUT2D eigenvalue weighted by molar-refractivity contribution is 8.17. The van der Waals surface area contributed by atoms with E-state index in [1.54, 1.807) is 0 Å². The van der Waals surface area contributed by atoms with Crippen LogP contribution in [0.1, 0.15) is 107 Å². The quantitative estimate of drug-likeness (QED) is 0.163. The number of nitriles is 1. The van der Waals surface area contributed by atoms with Crippen molar-refractivity contribution in [2.24, 2.45) is 11.8 Å². The monoisotopic (exact) mass is 663 g/mol. The number of carbonyl (C=O) groups excluding carboxylic acids is 3. The number of Topliss-reactive ketones (excluding diaryl/α,β-unsaturated/α-hetero) is 1. The first kappa shape index (κ1) is 33.3. The standard InChI is InChI=1S/C36H49N5O3S2/c37-23-32(46-17-9-10-18-46)33(42)29(19-26-22-36(38-24-26)15-7-2-8-16-36)40-35(44)31(20-25-11-3-1-4-12-25)45-41-34(43)30-21-27-13-5-6-14-28(27)39-30/h5-6,13-14,21,25-26,29,31,38-39H,1-4,7-12,15-20,22,24H2,(H,40,44)(H,41,43)/t26?,29?,31-/m0/s1. The van der Waals surface area contributed by atoms with Crippen LogP contribution >= 0.6 is 22.4 Å².